The molecule has 0 aliphatic heterocycles. The lowest BCUT2D eigenvalue weighted by molar-refractivity contribution is -0.114. The minimum Gasteiger partial charge on any atom is -0.295 e. The molecule has 0 bridgehead atoms. The van der Waals surface area contributed by atoms with Crippen molar-refractivity contribution in [3.05, 3.63) is 23.8 Å². The molecular weight excluding hydrogens is 172 g/mol. The highest BCUT2D eigenvalue weighted by Crippen LogP contribution is 1.96. The molecule has 0 radical (unpaired) electrons. The standard InChI is InChI=1S/C9H14O.2C2H6/c1-4-6-8(3)7-9(10)5-2;2*1-2/h4,6-7H,5H2,1-3H3;2*1-2H3/b6-4-,8-7-;;. The molecule has 0 aromatic heterocycles. The van der Waals surface area contributed by atoms with Gasteiger partial charge in [-0.05, 0) is 25.5 Å². The number of rotatable bonds is 3. The molecule has 0 unspecified atom stereocenters. The van der Waals surface area contributed by atoms with Crippen LogP contribution in [0.3, 0.4) is 0 Å². The number of hydrogen-bond donors (Lipinski definition) is 0. The average Bonchev–Trinajstić information content (AvgIpc) is 2.24. The van der Waals surface area contributed by atoms with Crippen LogP contribution in [0.25, 0.3) is 0 Å². The van der Waals surface area contributed by atoms with Gasteiger partial charge < -0.3 is 0 Å². The minimum atomic E-state index is 0.190. The van der Waals surface area contributed by atoms with Crippen molar-refractivity contribution >= 4 is 5.78 Å². The maximum Gasteiger partial charge on any atom is 0.155 e. The average molecular weight is 198 g/mol. The lowest BCUT2D eigenvalue weighted by atomic mass is 10.2. The highest BCUT2D eigenvalue weighted by molar-refractivity contribution is 5.90. The Morgan fingerprint density at radius 2 is 1.57 bits per heavy atom. The number of ketones is 1. The van der Waals surface area contributed by atoms with E-state index < -0.39 is 0 Å². The molecule has 0 spiro atoms. The van der Waals surface area contributed by atoms with Crippen LogP contribution in [0.4, 0.5) is 0 Å². The maximum absolute atomic E-state index is 10.8. The van der Waals surface area contributed by atoms with Crippen LogP contribution >= 0.6 is 0 Å². The Hall–Kier alpha value is -0.850. The van der Waals surface area contributed by atoms with Crippen molar-refractivity contribution in [1.82, 2.24) is 0 Å². The molecular formula is C13H26O. The summed E-state index contributed by atoms with van der Waals surface area (Å²) in [5, 5.41) is 0. The van der Waals surface area contributed by atoms with E-state index in [4.69, 9.17) is 0 Å². The van der Waals surface area contributed by atoms with Gasteiger partial charge in [-0.3, -0.25) is 4.79 Å². The van der Waals surface area contributed by atoms with Gasteiger partial charge in [0.1, 0.15) is 0 Å². The summed E-state index contributed by atoms with van der Waals surface area (Å²) in [7, 11) is 0. The van der Waals surface area contributed by atoms with Gasteiger partial charge in [0.25, 0.3) is 0 Å². The van der Waals surface area contributed by atoms with E-state index in [2.05, 4.69) is 0 Å². The summed E-state index contributed by atoms with van der Waals surface area (Å²) in [5.74, 6) is 0.190. The van der Waals surface area contributed by atoms with Crippen LogP contribution in [-0.2, 0) is 4.79 Å². The number of hydrogen-bond acceptors (Lipinski definition) is 1. The van der Waals surface area contributed by atoms with E-state index in [0.29, 0.717) is 6.42 Å². The summed E-state index contributed by atoms with van der Waals surface area (Å²) in [4.78, 5) is 10.8. The lowest BCUT2D eigenvalue weighted by Crippen LogP contribution is -1.88. The number of allylic oxidation sites excluding steroid dienone is 4. The summed E-state index contributed by atoms with van der Waals surface area (Å²) in [5.41, 5.74) is 1.02. The van der Waals surface area contributed by atoms with Gasteiger partial charge >= 0.3 is 0 Å². The van der Waals surface area contributed by atoms with E-state index in [1.165, 1.54) is 0 Å². The van der Waals surface area contributed by atoms with Crippen LogP contribution in [-0.4, -0.2) is 5.78 Å². The Morgan fingerprint density at radius 1 is 1.14 bits per heavy atom. The van der Waals surface area contributed by atoms with Gasteiger partial charge in [0.05, 0.1) is 0 Å². The first-order chi connectivity index (χ1) is 6.70. The van der Waals surface area contributed by atoms with E-state index in [1.54, 1.807) is 6.08 Å². The smallest absolute Gasteiger partial charge is 0.155 e. The van der Waals surface area contributed by atoms with Crippen molar-refractivity contribution in [2.24, 2.45) is 0 Å². The van der Waals surface area contributed by atoms with E-state index in [9.17, 15) is 4.79 Å². The molecule has 0 aromatic carbocycles. The Kier molecular flexibility index (Phi) is 24.3. The molecule has 14 heavy (non-hydrogen) atoms. The van der Waals surface area contributed by atoms with Crippen molar-refractivity contribution in [3.8, 4) is 0 Å². The molecule has 0 aromatic rings. The highest BCUT2D eigenvalue weighted by atomic mass is 16.1. The van der Waals surface area contributed by atoms with Crippen molar-refractivity contribution in [2.45, 2.75) is 54.9 Å². The van der Waals surface area contributed by atoms with Crippen LogP contribution in [0, 0.1) is 0 Å². The Bertz CT molecular complexity index is 164. The van der Waals surface area contributed by atoms with Crippen molar-refractivity contribution in [2.75, 3.05) is 0 Å². The number of carbonyl (C=O) groups is 1. The van der Waals surface area contributed by atoms with Crippen LogP contribution < -0.4 is 0 Å². The fourth-order valence-corrected chi connectivity index (χ4v) is 0.667. The summed E-state index contributed by atoms with van der Waals surface area (Å²) in [6.45, 7) is 13.7. The zero-order valence-corrected chi connectivity index (χ0v) is 10.8. The maximum atomic E-state index is 10.8. The third kappa shape index (κ3) is 17.3. The van der Waals surface area contributed by atoms with Crippen LogP contribution in [0.2, 0.25) is 0 Å². The molecule has 0 saturated carbocycles. The molecule has 0 fully saturated rings. The second-order valence-electron chi connectivity index (χ2n) is 2.21. The minimum absolute atomic E-state index is 0.190. The highest BCUT2D eigenvalue weighted by Gasteiger charge is 1.90. The predicted molar refractivity (Wildman–Crippen MR) is 66.6 cm³/mol. The Balaban J connectivity index is -0.000000266. The van der Waals surface area contributed by atoms with E-state index in [-0.39, 0.29) is 5.78 Å². The summed E-state index contributed by atoms with van der Waals surface area (Å²) < 4.78 is 0. The largest absolute Gasteiger partial charge is 0.295 e. The fraction of sp³-hybridized carbons (Fsp3) is 0.615. The molecule has 0 amide bonds. The first-order valence-electron chi connectivity index (χ1n) is 5.54. The van der Waals surface area contributed by atoms with Crippen LogP contribution in [0.15, 0.2) is 23.8 Å². The second-order valence-corrected chi connectivity index (χ2v) is 2.21. The third-order valence-electron chi connectivity index (χ3n) is 1.17. The summed E-state index contributed by atoms with van der Waals surface area (Å²) in [6.07, 6.45) is 6.11. The fourth-order valence-electron chi connectivity index (χ4n) is 0.667. The van der Waals surface area contributed by atoms with E-state index in [1.807, 2.05) is 60.6 Å². The predicted octanol–water partition coefficient (Wildman–Crippen LogP) is 4.54. The van der Waals surface area contributed by atoms with Crippen molar-refractivity contribution in [3.63, 3.8) is 0 Å². The quantitative estimate of drug-likeness (QED) is 0.480. The van der Waals surface area contributed by atoms with Crippen molar-refractivity contribution < 1.29 is 4.79 Å². The van der Waals surface area contributed by atoms with E-state index in [0.717, 1.165) is 5.57 Å². The summed E-state index contributed by atoms with van der Waals surface area (Å²) >= 11 is 0. The van der Waals surface area contributed by atoms with Gasteiger partial charge in [-0.1, -0.05) is 46.8 Å². The molecule has 0 aliphatic carbocycles. The Morgan fingerprint density at radius 3 is 1.86 bits per heavy atom. The van der Waals surface area contributed by atoms with Gasteiger partial charge in [0.15, 0.2) is 5.78 Å². The second kappa shape index (κ2) is 18.0. The monoisotopic (exact) mass is 198 g/mol. The van der Waals surface area contributed by atoms with Gasteiger partial charge in [-0.25, -0.2) is 0 Å². The normalized spacial score (nSPS) is 9.79. The number of carbonyl (C=O) groups excluding carboxylic acids is 1. The van der Waals surface area contributed by atoms with Crippen LogP contribution in [0.5, 0.6) is 0 Å². The molecule has 0 heterocycles. The topological polar surface area (TPSA) is 17.1 Å². The zero-order chi connectivity index (χ0) is 12.0. The van der Waals surface area contributed by atoms with Gasteiger partial charge in [-0.15, -0.1) is 0 Å². The molecule has 0 aliphatic rings. The SMILES string of the molecule is C/C=C\C(C)=C/C(=O)CC.CC.CC. The molecule has 0 atom stereocenters. The van der Waals surface area contributed by atoms with E-state index >= 15 is 0 Å². The zero-order valence-electron chi connectivity index (χ0n) is 10.8. The first kappa shape index (κ1) is 18.8. The first-order valence-corrected chi connectivity index (χ1v) is 5.54. The summed E-state index contributed by atoms with van der Waals surface area (Å²) in [6, 6.07) is 0. The molecule has 1 heteroatoms. The van der Waals surface area contributed by atoms with Gasteiger partial charge in [0, 0.05) is 6.42 Å². The molecule has 0 saturated heterocycles. The van der Waals surface area contributed by atoms with Gasteiger partial charge in [-0.2, -0.15) is 0 Å². The third-order valence-corrected chi connectivity index (χ3v) is 1.17. The molecule has 1 nitrogen and oxygen atoms in total. The molecule has 0 N–H and O–H groups in total. The Labute approximate surface area is 89.9 Å². The van der Waals surface area contributed by atoms with Gasteiger partial charge in [0.2, 0.25) is 0 Å². The van der Waals surface area contributed by atoms with Crippen molar-refractivity contribution in [1.29, 1.82) is 0 Å². The lowest BCUT2D eigenvalue weighted by Gasteiger charge is -1.88. The molecule has 84 valence electrons. The molecule has 0 rings (SSSR count). The van der Waals surface area contributed by atoms with Crippen LogP contribution in [0.1, 0.15) is 54.9 Å².